The summed E-state index contributed by atoms with van der Waals surface area (Å²) in [6.45, 7) is 10.3. The van der Waals surface area contributed by atoms with Gasteiger partial charge >= 0.3 is 0 Å². The van der Waals surface area contributed by atoms with Gasteiger partial charge in [0, 0.05) is 32.2 Å². The standard InChI is InChI=1S/C21H26N4O2S2/c1-6-25-20(27)17(29-21(25)28)8-15-14(4)16(9-22)19(26)23(5)18(15)24-10-12(2)7-13(3)11-24/h8,12-13H,6-7,10-11H2,1-5H3/b17-8+. The van der Waals surface area contributed by atoms with E-state index in [2.05, 4.69) is 18.7 Å². The second kappa shape index (κ2) is 8.33. The number of hydrogen-bond donors (Lipinski definition) is 0. The fraction of sp³-hybridized carbons (Fsp3) is 0.524. The molecule has 3 rings (SSSR count). The molecule has 29 heavy (non-hydrogen) atoms. The molecule has 0 radical (unpaired) electrons. The van der Waals surface area contributed by atoms with Crippen LogP contribution in [0.2, 0.25) is 0 Å². The number of carbonyl (C=O) groups is 1. The van der Waals surface area contributed by atoms with Crippen LogP contribution in [0, 0.1) is 30.1 Å². The van der Waals surface area contributed by atoms with E-state index in [9.17, 15) is 14.9 Å². The van der Waals surface area contributed by atoms with Crippen molar-refractivity contribution in [3.05, 3.63) is 31.9 Å². The minimum absolute atomic E-state index is 0.117. The van der Waals surface area contributed by atoms with Crippen molar-refractivity contribution in [2.24, 2.45) is 18.9 Å². The lowest BCUT2D eigenvalue weighted by Gasteiger charge is -2.38. The van der Waals surface area contributed by atoms with Crippen LogP contribution in [-0.4, -0.2) is 39.3 Å². The number of thioether (sulfide) groups is 1. The van der Waals surface area contributed by atoms with Crippen molar-refractivity contribution in [1.82, 2.24) is 9.47 Å². The Balaban J connectivity index is 2.23. The number of amides is 1. The molecule has 0 bridgehead atoms. The number of thiocarbonyl (C=S) groups is 1. The van der Waals surface area contributed by atoms with E-state index in [1.807, 2.05) is 19.1 Å². The Morgan fingerprint density at radius 1 is 1.28 bits per heavy atom. The number of nitrogens with zero attached hydrogens (tertiary/aromatic N) is 4. The monoisotopic (exact) mass is 430 g/mol. The van der Waals surface area contributed by atoms with Crippen LogP contribution < -0.4 is 10.5 Å². The zero-order valence-electron chi connectivity index (χ0n) is 17.5. The highest BCUT2D eigenvalue weighted by molar-refractivity contribution is 8.26. The van der Waals surface area contributed by atoms with Crippen LogP contribution in [-0.2, 0) is 11.8 Å². The van der Waals surface area contributed by atoms with Gasteiger partial charge in [0.25, 0.3) is 11.5 Å². The summed E-state index contributed by atoms with van der Waals surface area (Å²) in [7, 11) is 1.70. The molecular formula is C21H26N4O2S2. The van der Waals surface area contributed by atoms with Crippen LogP contribution in [0.5, 0.6) is 0 Å². The second-order valence-electron chi connectivity index (χ2n) is 7.99. The topological polar surface area (TPSA) is 69.3 Å². The average Bonchev–Trinajstić information content (AvgIpc) is 2.92. The van der Waals surface area contributed by atoms with Gasteiger partial charge in [-0.2, -0.15) is 5.26 Å². The molecule has 2 aliphatic heterocycles. The van der Waals surface area contributed by atoms with Gasteiger partial charge in [-0.25, -0.2) is 0 Å². The molecule has 0 spiro atoms. The summed E-state index contributed by atoms with van der Waals surface area (Å²) in [5.41, 5.74) is 1.18. The molecule has 2 atom stereocenters. The van der Waals surface area contributed by atoms with Gasteiger partial charge in [-0.05, 0) is 43.7 Å². The lowest BCUT2D eigenvalue weighted by Crippen LogP contribution is -2.42. The van der Waals surface area contributed by atoms with E-state index in [4.69, 9.17) is 12.2 Å². The first-order chi connectivity index (χ1) is 13.7. The van der Waals surface area contributed by atoms with E-state index < -0.39 is 0 Å². The number of rotatable bonds is 3. The molecule has 2 fully saturated rings. The molecule has 8 heteroatoms. The Morgan fingerprint density at radius 2 is 1.90 bits per heavy atom. The van der Waals surface area contributed by atoms with E-state index in [0.29, 0.717) is 33.2 Å². The summed E-state index contributed by atoms with van der Waals surface area (Å²) >= 11 is 6.61. The summed E-state index contributed by atoms with van der Waals surface area (Å²) in [5.74, 6) is 1.64. The summed E-state index contributed by atoms with van der Waals surface area (Å²) in [4.78, 5) is 29.9. The van der Waals surface area contributed by atoms with Gasteiger partial charge in [-0.15, -0.1) is 0 Å². The number of piperidine rings is 1. The van der Waals surface area contributed by atoms with Gasteiger partial charge in [0.15, 0.2) is 0 Å². The number of carbonyl (C=O) groups excluding carboxylic acids is 1. The average molecular weight is 431 g/mol. The molecule has 2 saturated heterocycles. The van der Waals surface area contributed by atoms with Gasteiger partial charge in [-0.1, -0.05) is 37.8 Å². The number of nitriles is 1. The molecule has 0 saturated carbocycles. The summed E-state index contributed by atoms with van der Waals surface area (Å²) in [6, 6.07) is 2.05. The van der Waals surface area contributed by atoms with Crippen molar-refractivity contribution in [1.29, 1.82) is 5.26 Å². The van der Waals surface area contributed by atoms with E-state index in [0.717, 1.165) is 30.9 Å². The molecule has 0 N–H and O–H groups in total. The van der Waals surface area contributed by atoms with Gasteiger partial charge in [0.2, 0.25) is 0 Å². The minimum Gasteiger partial charge on any atom is -0.357 e. The van der Waals surface area contributed by atoms with Crippen LogP contribution in [0.1, 0.15) is 43.9 Å². The van der Waals surface area contributed by atoms with Crippen LogP contribution in [0.25, 0.3) is 6.08 Å². The third-order valence-corrected chi connectivity index (χ3v) is 6.98. The Kier molecular flexibility index (Phi) is 6.20. The number of likely N-dealkylation sites (N-methyl/N-ethyl adjacent to an activating group) is 1. The second-order valence-corrected chi connectivity index (χ2v) is 9.67. The van der Waals surface area contributed by atoms with Crippen molar-refractivity contribution < 1.29 is 4.79 Å². The van der Waals surface area contributed by atoms with Crippen LogP contribution in [0.4, 0.5) is 5.82 Å². The summed E-state index contributed by atoms with van der Waals surface area (Å²) in [6.07, 6.45) is 2.95. The summed E-state index contributed by atoms with van der Waals surface area (Å²) in [5, 5.41) is 9.57. The molecule has 1 aromatic heterocycles. The van der Waals surface area contributed by atoms with Crippen molar-refractivity contribution in [2.75, 3.05) is 24.5 Å². The Labute approximate surface area is 181 Å². The number of aromatic nitrogens is 1. The molecule has 1 amide bonds. The normalized spacial score (nSPS) is 23.8. The predicted octanol–water partition coefficient (Wildman–Crippen LogP) is 3.27. The highest BCUT2D eigenvalue weighted by Crippen LogP contribution is 2.36. The zero-order chi connectivity index (χ0) is 21.5. The SMILES string of the molecule is CCN1C(=O)/C(=C\c2c(C)c(C#N)c(=O)n(C)c2N2CC(C)CC(C)C2)SC1=S. The molecule has 6 nitrogen and oxygen atoms in total. The van der Waals surface area contributed by atoms with Gasteiger partial charge in [-0.3, -0.25) is 19.1 Å². The first-order valence-electron chi connectivity index (χ1n) is 9.83. The van der Waals surface area contributed by atoms with Crippen molar-refractivity contribution in [3.8, 4) is 6.07 Å². The van der Waals surface area contributed by atoms with Gasteiger partial charge in [0.05, 0.1) is 4.91 Å². The molecule has 3 heterocycles. The molecule has 2 aliphatic rings. The molecule has 1 aromatic rings. The Bertz CT molecular complexity index is 995. The van der Waals surface area contributed by atoms with E-state index >= 15 is 0 Å². The Morgan fingerprint density at radius 3 is 2.41 bits per heavy atom. The first-order valence-corrected chi connectivity index (χ1v) is 11.1. The fourth-order valence-electron chi connectivity index (χ4n) is 4.33. The quantitative estimate of drug-likeness (QED) is 0.542. The molecule has 154 valence electrons. The lowest BCUT2D eigenvalue weighted by molar-refractivity contribution is -0.121. The number of hydrogen-bond acceptors (Lipinski definition) is 6. The highest BCUT2D eigenvalue weighted by atomic mass is 32.2. The fourth-order valence-corrected chi connectivity index (χ4v) is 5.70. The van der Waals surface area contributed by atoms with Crippen molar-refractivity contribution in [3.63, 3.8) is 0 Å². The molecular weight excluding hydrogens is 404 g/mol. The van der Waals surface area contributed by atoms with Crippen LogP contribution >= 0.6 is 24.0 Å². The highest BCUT2D eigenvalue weighted by Gasteiger charge is 2.33. The maximum Gasteiger partial charge on any atom is 0.270 e. The van der Waals surface area contributed by atoms with Gasteiger partial charge < -0.3 is 4.90 Å². The zero-order valence-corrected chi connectivity index (χ0v) is 19.1. The van der Waals surface area contributed by atoms with Crippen molar-refractivity contribution >= 4 is 46.1 Å². The Hall–Kier alpha value is -2.11. The molecule has 0 aliphatic carbocycles. The van der Waals surface area contributed by atoms with Crippen LogP contribution in [0.15, 0.2) is 9.70 Å². The predicted molar refractivity (Wildman–Crippen MR) is 122 cm³/mol. The third-order valence-electron chi connectivity index (χ3n) is 5.60. The largest absolute Gasteiger partial charge is 0.357 e. The van der Waals surface area contributed by atoms with Gasteiger partial charge in [0.1, 0.15) is 21.8 Å². The summed E-state index contributed by atoms with van der Waals surface area (Å²) < 4.78 is 2.09. The van der Waals surface area contributed by atoms with E-state index in [-0.39, 0.29) is 17.0 Å². The lowest BCUT2D eigenvalue weighted by atomic mass is 9.91. The van der Waals surface area contributed by atoms with E-state index in [1.54, 1.807) is 23.4 Å². The third kappa shape index (κ3) is 3.86. The van der Waals surface area contributed by atoms with Crippen LogP contribution in [0.3, 0.4) is 0 Å². The smallest absolute Gasteiger partial charge is 0.270 e. The molecule has 2 unspecified atom stereocenters. The minimum atomic E-state index is -0.302. The van der Waals surface area contributed by atoms with Crippen molar-refractivity contribution in [2.45, 2.75) is 34.1 Å². The maximum atomic E-state index is 12.8. The number of anilines is 1. The number of pyridine rings is 1. The maximum absolute atomic E-state index is 12.8. The first kappa shape index (κ1) is 21.6. The molecule has 0 aromatic carbocycles. The van der Waals surface area contributed by atoms with E-state index in [1.165, 1.54) is 11.8 Å².